The Kier molecular flexibility index (Phi) is 2.01. The van der Waals surface area contributed by atoms with E-state index in [1.807, 2.05) is 0 Å². The molecule has 3 nitrogen and oxygen atoms in total. The highest BCUT2D eigenvalue weighted by atomic mass is 79.9. The summed E-state index contributed by atoms with van der Waals surface area (Å²) >= 11 is 3.13. The fraction of sp³-hybridized carbons (Fsp3) is 0. The van der Waals surface area contributed by atoms with E-state index in [9.17, 15) is 4.79 Å². The molecule has 1 rings (SSSR count). The lowest BCUT2D eigenvalue weighted by Gasteiger charge is -1.95. The van der Waals surface area contributed by atoms with Crippen molar-refractivity contribution in [1.82, 2.24) is 4.98 Å². The van der Waals surface area contributed by atoms with E-state index < -0.39 is 5.91 Å². The van der Waals surface area contributed by atoms with Gasteiger partial charge in [0, 0.05) is 16.9 Å². The summed E-state index contributed by atoms with van der Waals surface area (Å²) in [5.74, 6) is -0.450. The van der Waals surface area contributed by atoms with E-state index in [1.165, 1.54) is 12.4 Å². The van der Waals surface area contributed by atoms with Gasteiger partial charge >= 0.3 is 0 Å². The van der Waals surface area contributed by atoms with E-state index >= 15 is 0 Å². The predicted molar refractivity (Wildman–Crippen MR) is 40.5 cm³/mol. The molecule has 0 aromatic carbocycles. The highest BCUT2D eigenvalue weighted by Gasteiger charge is 2.02. The molecule has 0 unspecified atom stereocenters. The molecule has 1 aromatic rings. The van der Waals surface area contributed by atoms with Gasteiger partial charge in [-0.15, -0.1) is 0 Å². The molecule has 0 radical (unpaired) electrons. The monoisotopic (exact) mass is 200 g/mol. The van der Waals surface area contributed by atoms with E-state index in [1.54, 1.807) is 6.07 Å². The number of nitrogens with two attached hydrogens (primary N) is 1. The van der Waals surface area contributed by atoms with E-state index in [-0.39, 0.29) is 0 Å². The number of rotatable bonds is 1. The molecular formula is C6H5BrN2O. The number of aromatic nitrogens is 1. The Labute approximate surface area is 66.4 Å². The zero-order valence-electron chi connectivity index (χ0n) is 5.04. The first-order valence-electron chi connectivity index (χ1n) is 2.61. The third-order valence-electron chi connectivity index (χ3n) is 1.04. The van der Waals surface area contributed by atoms with Gasteiger partial charge in [-0.25, -0.2) is 0 Å². The summed E-state index contributed by atoms with van der Waals surface area (Å²) in [5.41, 5.74) is 5.47. The lowest BCUT2D eigenvalue weighted by molar-refractivity contribution is 0.0999. The van der Waals surface area contributed by atoms with Crippen LogP contribution in [0.25, 0.3) is 0 Å². The van der Waals surface area contributed by atoms with Crippen LogP contribution in [-0.2, 0) is 0 Å². The van der Waals surface area contributed by atoms with Gasteiger partial charge in [0.1, 0.15) is 0 Å². The zero-order valence-corrected chi connectivity index (χ0v) is 6.63. The fourth-order valence-electron chi connectivity index (χ4n) is 0.575. The van der Waals surface area contributed by atoms with Crippen molar-refractivity contribution in [3.63, 3.8) is 0 Å². The molecule has 0 fully saturated rings. The SMILES string of the molecule is NC(=O)c1ccncc1Br. The van der Waals surface area contributed by atoms with Gasteiger partial charge in [0.25, 0.3) is 0 Å². The van der Waals surface area contributed by atoms with Crippen LogP contribution in [0.1, 0.15) is 10.4 Å². The molecule has 0 atom stereocenters. The van der Waals surface area contributed by atoms with Gasteiger partial charge in [-0.3, -0.25) is 9.78 Å². The van der Waals surface area contributed by atoms with Crippen LogP contribution in [-0.4, -0.2) is 10.9 Å². The lowest BCUT2D eigenvalue weighted by atomic mass is 10.3. The van der Waals surface area contributed by atoms with E-state index in [0.717, 1.165) is 0 Å². The van der Waals surface area contributed by atoms with Crippen molar-refractivity contribution in [3.05, 3.63) is 28.5 Å². The van der Waals surface area contributed by atoms with Gasteiger partial charge in [-0.05, 0) is 22.0 Å². The highest BCUT2D eigenvalue weighted by molar-refractivity contribution is 9.10. The zero-order chi connectivity index (χ0) is 7.56. The molecule has 2 N–H and O–H groups in total. The Morgan fingerprint density at radius 1 is 1.70 bits per heavy atom. The Bertz CT molecular complexity index is 262. The first-order valence-corrected chi connectivity index (χ1v) is 3.40. The topological polar surface area (TPSA) is 56.0 Å². The summed E-state index contributed by atoms with van der Waals surface area (Å²) in [6, 6.07) is 1.56. The normalized spacial score (nSPS) is 9.30. The van der Waals surface area contributed by atoms with Crippen LogP contribution < -0.4 is 5.73 Å². The smallest absolute Gasteiger partial charge is 0.249 e. The third kappa shape index (κ3) is 1.33. The van der Waals surface area contributed by atoms with E-state index in [2.05, 4.69) is 20.9 Å². The fourth-order valence-corrected chi connectivity index (χ4v) is 1.02. The van der Waals surface area contributed by atoms with Gasteiger partial charge in [-0.2, -0.15) is 0 Å². The number of primary amides is 1. The number of pyridine rings is 1. The maximum atomic E-state index is 10.6. The van der Waals surface area contributed by atoms with Crippen molar-refractivity contribution in [2.45, 2.75) is 0 Å². The molecule has 0 saturated carbocycles. The van der Waals surface area contributed by atoms with Gasteiger partial charge in [-0.1, -0.05) is 0 Å². The van der Waals surface area contributed by atoms with Crippen molar-refractivity contribution >= 4 is 21.8 Å². The van der Waals surface area contributed by atoms with Crippen LogP contribution in [0.4, 0.5) is 0 Å². The summed E-state index contributed by atoms with van der Waals surface area (Å²) in [6.45, 7) is 0. The number of halogens is 1. The Balaban J connectivity index is 3.15. The minimum atomic E-state index is -0.450. The molecule has 1 amide bonds. The average molecular weight is 201 g/mol. The molecular weight excluding hydrogens is 196 g/mol. The number of hydrogen-bond donors (Lipinski definition) is 1. The summed E-state index contributed by atoms with van der Waals surface area (Å²) < 4.78 is 0.627. The van der Waals surface area contributed by atoms with Crippen molar-refractivity contribution in [1.29, 1.82) is 0 Å². The van der Waals surface area contributed by atoms with Crippen molar-refractivity contribution in [3.8, 4) is 0 Å². The summed E-state index contributed by atoms with van der Waals surface area (Å²) in [7, 11) is 0. The molecule has 4 heteroatoms. The second-order valence-corrected chi connectivity index (χ2v) is 2.57. The van der Waals surface area contributed by atoms with Gasteiger partial charge in [0.2, 0.25) is 5.91 Å². The van der Waals surface area contributed by atoms with Crippen LogP contribution >= 0.6 is 15.9 Å². The van der Waals surface area contributed by atoms with E-state index in [4.69, 9.17) is 5.73 Å². The van der Waals surface area contributed by atoms with Crippen LogP contribution in [0.2, 0.25) is 0 Å². The molecule has 1 aromatic heterocycles. The summed E-state index contributed by atoms with van der Waals surface area (Å²) in [5, 5.41) is 0. The van der Waals surface area contributed by atoms with E-state index in [0.29, 0.717) is 10.0 Å². The van der Waals surface area contributed by atoms with Gasteiger partial charge in [0.05, 0.1) is 5.56 Å². The lowest BCUT2D eigenvalue weighted by Crippen LogP contribution is -2.11. The largest absolute Gasteiger partial charge is 0.366 e. The molecule has 1 heterocycles. The number of carbonyl (C=O) groups is 1. The molecule has 0 spiro atoms. The van der Waals surface area contributed by atoms with Crippen LogP contribution in [0.15, 0.2) is 22.9 Å². The third-order valence-corrected chi connectivity index (χ3v) is 1.67. The second kappa shape index (κ2) is 2.79. The standard InChI is InChI=1S/C6H5BrN2O/c7-5-3-9-2-1-4(5)6(8)10/h1-3H,(H2,8,10). The molecule has 0 aliphatic heterocycles. The quantitative estimate of drug-likeness (QED) is 0.734. The predicted octanol–water partition coefficient (Wildman–Crippen LogP) is 0.943. The maximum absolute atomic E-state index is 10.6. The number of carbonyl (C=O) groups excluding carboxylic acids is 1. The maximum Gasteiger partial charge on any atom is 0.249 e. The molecule has 0 aliphatic rings. The van der Waals surface area contributed by atoms with Crippen molar-refractivity contribution in [2.75, 3.05) is 0 Å². The Morgan fingerprint density at radius 2 is 2.40 bits per heavy atom. The second-order valence-electron chi connectivity index (χ2n) is 1.72. The molecule has 52 valence electrons. The minimum Gasteiger partial charge on any atom is -0.366 e. The number of hydrogen-bond acceptors (Lipinski definition) is 2. The molecule has 10 heavy (non-hydrogen) atoms. The highest BCUT2D eigenvalue weighted by Crippen LogP contribution is 2.12. The first-order chi connectivity index (χ1) is 4.72. The van der Waals surface area contributed by atoms with Crippen molar-refractivity contribution in [2.24, 2.45) is 5.73 Å². The molecule has 0 aliphatic carbocycles. The van der Waals surface area contributed by atoms with Crippen LogP contribution in [0.3, 0.4) is 0 Å². The van der Waals surface area contributed by atoms with Gasteiger partial charge in [0.15, 0.2) is 0 Å². The summed E-state index contributed by atoms with van der Waals surface area (Å²) in [4.78, 5) is 14.4. The number of amides is 1. The first kappa shape index (κ1) is 7.21. The summed E-state index contributed by atoms with van der Waals surface area (Å²) in [6.07, 6.45) is 3.05. The minimum absolute atomic E-state index is 0.450. The molecule has 0 bridgehead atoms. The Hall–Kier alpha value is -0.900. The average Bonchev–Trinajstić information content (AvgIpc) is 1.88. The van der Waals surface area contributed by atoms with Crippen molar-refractivity contribution < 1.29 is 4.79 Å². The molecule has 0 saturated heterocycles. The Morgan fingerprint density at radius 3 is 2.80 bits per heavy atom. The van der Waals surface area contributed by atoms with Crippen LogP contribution in [0, 0.1) is 0 Å². The van der Waals surface area contributed by atoms with Gasteiger partial charge < -0.3 is 5.73 Å². The number of nitrogens with zero attached hydrogens (tertiary/aromatic N) is 1. The van der Waals surface area contributed by atoms with Crippen LogP contribution in [0.5, 0.6) is 0 Å².